The van der Waals surface area contributed by atoms with E-state index < -0.39 is 0 Å². The second-order valence-corrected chi connectivity index (χ2v) is 3.09. The second kappa shape index (κ2) is 2.69. The largest absolute Gasteiger partial charge is 0.304 e. The summed E-state index contributed by atoms with van der Waals surface area (Å²) in [5.41, 5.74) is 3.62. The highest BCUT2D eigenvalue weighted by atomic mass is 16.1. The fraction of sp³-hybridized carbons (Fsp3) is 0.200. The number of hydrogen-bond donors (Lipinski definition) is 0. The first-order valence-corrected chi connectivity index (χ1v) is 4.13. The molecule has 0 atom stereocenters. The molecule has 0 bridgehead atoms. The van der Waals surface area contributed by atoms with E-state index in [0.29, 0.717) is 5.56 Å². The molecule has 0 spiro atoms. The molecule has 0 N–H and O–H groups in total. The molecular weight excluding hydrogens is 164 g/mol. The molecule has 2 aromatic rings. The standard InChI is InChI=1S/C10H10N2O/c1-7-8(2)12-4-3-9(6-13)5-10(12)11-7/h3-6H,1-2H3. The van der Waals surface area contributed by atoms with Crippen molar-refractivity contribution in [3.8, 4) is 0 Å². The number of hydrogen-bond acceptors (Lipinski definition) is 2. The first-order chi connectivity index (χ1) is 6.22. The van der Waals surface area contributed by atoms with Gasteiger partial charge in [0.1, 0.15) is 11.9 Å². The van der Waals surface area contributed by atoms with Crippen LogP contribution in [0.2, 0.25) is 0 Å². The summed E-state index contributed by atoms with van der Waals surface area (Å²) in [5.74, 6) is 0. The maximum Gasteiger partial charge on any atom is 0.150 e. The van der Waals surface area contributed by atoms with Crippen molar-refractivity contribution in [2.24, 2.45) is 0 Å². The lowest BCUT2D eigenvalue weighted by Crippen LogP contribution is -1.88. The Morgan fingerprint density at radius 2 is 2.23 bits per heavy atom. The van der Waals surface area contributed by atoms with Gasteiger partial charge in [0.2, 0.25) is 0 Å². The second-order valence-electron chi connectivity index (χ2n) is 3.09. The molecular formula is C10H10N2O. The van der Waals surface area contributed by atoms with Crippen molar-refractivity contribution in [3.63, 3.8) is 0 Å². The highest BCUT2D eigenvalue weighted by molar-refractivity contribution is 5.76. The van der Waals surface area contributed by atoms with Crippen LogP contribution in [-0.4, -0.2) is 15.7 Å². The summed E-state index contributed by atoms with van der Waals surface area (Å²) in [7, 11) is 0. The Hall–Kier alpha value is -1.64. The third-order valence-electron chi connectivity index (χ3n) is 2.26. The van der Waals surface area contributed by atoms with Gasteiger partial charge in [-0.1, -0.05) is 0 Å². The zero-order valence-corrected chi connectivity index (χ0v) is 7.61. The van der Waals surface area contributed by atoms with Gasteiger partial charge in [-0.15, -0.1) is 0 Å². The normalized spacial score (nSPS) is 10.6. The maximum atomic E-state index is 10.5. The van der Waals surface area contributed by atoms with Gasteiger partial charge in [-0.3, -0.25) is 4.79 Å². The number of carbonyl (C=O) groups is 1. The van der Waals surface area contributed by atoms with Crippen molar-refractivity contribution in [3.05, 3.63) is 35.3 Å². The number of imidazole rings is 1. The molecule has 0 radical (unpaired) electrons. The van der Waals surface area contributed by atoms with Crippen molar-refractivity contribution in [2.75, 3.05) is 0 Å². The van der Waals surface area contributed by atoms with Crippen molar-refractivity contribution in [1.29, 1.82) is 0 Å². The van der Waals surface area contributed by atoms with Gasteiger partial charge in [-0.25, -0.2) is 4.98 Å². The lowest BCUT2D eigenvalue weighted by atomic mass is 10.3. The highest BCUT2D eigenvalue weighted by Crippen LogP contribution is 2.11. The number of fused-ring (bicyclic) bond motifs is 1. The third kappa shape index (κ3) is 1.13. The van der Waals surface area contributed by atoms with Crippen LogP contribution < -0.4 is 0 Å². The summed E-state index contributed by atoms with van der Waals surface area (Å²) in [6.07, 6.45) is 2.70. The van der Waals surface area contributed by atoms with Gasteiger partial charge >= 0.3 is 0 Å². The van der Waals surface area contributed by atoms with E-state index in [1.165, 1.54) is 0 Å². The molecule has 0 saturated heterocycles. The van der Waals surface area contributed by atoms with E-state index in [1.54, 1.807) is 12.1 Å². The van der Waals surface area contributed by atoms with Crippen LogP contribution in [0.25, 0.3) is 5.65 Å². The van der Waals surface area contributed by atoms with E-state index in [9.17, 15) is 4.79 Å². The minimum atomic E-state index is 0.664. The predicted octanol–water partition coefficient (Wildman–Crippen LogP) is 1.76. The zero-order valence-electron chi connectivity index (χ0n) is 7.61. The Balaban J connectivity index is 2.79. The van der Waals surface area contributed by atoms with Gasteiger partial charge in [0, 0.05) is 17.5 Å². The van der Waals surface area contributed by atoms with Crippen LogP contribution in [0.5, 0.6) is 0 Å². The summed E-state index contributed by atoms with van der Waals surface area (Å²) in [5, 5.41) is 0. The molecule has 0 unspecified atom stereocenters. The van der Waals surface area contributed by atoms with Crippen LogP contribution in [0.3, 0.4) is 0 Å². The molecule has 0 amide bonds. The van der Waals surface area contributed by atoms with Crippen molar-refractivity contribution in [1.82, 2.24) is 9.38 Å². The Kier molecular flexibility index (Phi) is 1.65. The number of pyridine rings is 1. The monoisotopic (exact) mass is 174 g/mol. The van der Waals surface area contributed by atoms with Gasteiger partial charge in [-0.2, -0.15) is 0 Å². The van der Waals surface area contributed by atoms with Crippen LogP contribution in [-0.2, 0) is 0 Å². The molecule has 2 aromatic heterocycles. The Morgan fingerprint density at radius 3 is 2.92 bits per heavy atom. The molecule has 2 heterocycles. The minimum absolute atomic E-state index is 0.664. The van der Waals surface area contributed by atoms with Crippen LogP contribution in [0.1, 0.15) is 21.7 Å². The summed E-state index contributed by atoms with van der Waals surface area (Å²) in [6, 6.07) is 3.57. The number of aryl methyl sites for hydroxylation is 2. The first kappa shape index (κ1) is 7.98. The molecule has 0 aliphatic carbocycles. The Bertz CT molecular complexity index is 471. The van der Waals surface area contributed by atoms with Gasteiger partial charge in [0.25, 0.3) is 0 Å². The summed E-state index contributed by atoms with van der Waals surface area (Å²) in [6.45, 7) is 3.97. The lowest BCUT2D eigenvalue weighted by Gasteiger charge is -1.95. The summed E-state index contributed by atoms with van der Waals surface area (Å²) < 4.78 is 1.97. The van der Waals surface area contributed by atoms with Crippen LogP contribution in [0, 0.1) is 13.8 Å². The number of nitrogens with zero attached hydrogens (tertiary/aromatic N) is 2. The average Bonchev–Trinajstić information content (AvgIpc) is 2.42. The SMILES string of the molecule is Cc1nc2cc(C=O)ccn2c1C. The van der Waals surface area contributed by atoms with E-state index >= 15 is 0 Å². The predicted molar refractivity (Wildman–Crippen MR) is 50.1 cm³/mol. The Labute approximate surface area is 76.0 Å². The maximum absolute atomic E-state index is 10.5. The molecule has 0 aromatic carbocycles. The summed E-state index contributed by atoms with van der Waals surface area (Å²) >= 11 is 0. The van der Waals surface area contributed by atoms with Gasteiger partial charge < -0.3 is 4.40 Å². The van der Waals surface area contributed by atoms with E-state index in [0.717, 1.165) is 23.3 Å². The molecule has 66 valence electrons. The average molecular weight is 174 g/mol. The number of rotatable bonds is 1. The van der Waals surface area contributed by atoms with Gasteiger partial charge in [0.05, 0.1) is 5.69 Å². The van der Waals surface area contributed by atoms with Gasteiger partial charge in [0.15, 0.2) is 0 Å². The van der Waals surface area contributed by atoms with E-state index in [4.69, 9.17) is 0 Å². The fourth-order valence-electron chi connectivity index (χ4n) is 1.37. The van der Waals surface area contributed by atoms with Crippen molar-refractivity contribution < 1.29 is 4.79 Å². The van der Waals surface area contributed by atoms with Crippen molar-refractivity contribution >= 4 is 11.9 Å². The van der Waals surface area contributed by atoms with E-state index in [1.807, 2.05) is 24.4 Å². The molecule has 2 rings (SSSR count). The summed E-state index contributed by atoms with van der Waals surface area (Å²) in [4.78, 5) is 14.8. The Morgan fingerprint density at radius 1 is 1.46 bits per heavy atom. The van der Waals surface area contributed by atoms with Crippen LogP contribution in [0.4, 0.5) is 0 Å². The molecule has 0 aliphatic rings. The fourth-order valence-corrected chi connectivity index (χ4v) is 1.37. The minimum Gasteiger partial charge on any atom is -0.304 e. The van der Waals surface area contributed by atoms with Crippen LogP contribution in [0.15, 0.2) is 18.3 Å². The first-order valence-electron chi connectivity index (χ1n) is 4.13. The zero-order chi connectivity index (χ0) is 9.42. The highest BCUT2D eigenvalue weighted by Gasteiger charge is 2.03. The van der Waals surface area contributed by atoms with E-state index in [2.05, 4.69) is 4.98 Å². The lowest BCUT2D eigenvalue weighted by molar-refractivity contribution is 0.112. The number of aldehydes is 1. The smallest absolute Gasteiger partial charge is 0.150 e. The molecule has 0 saturated carbocycles. The molecule has 3 heteroatoms. The molecule has 0 aliphatic heterocycles. The molecule has 0 fully saturated rings. The molecule has 3 nitrogen and oxygen atoms in total. The van der Waals surface area contributed by atoms with Gasteiger partial charge in [-0.05, 0) is 26.0 Å². The topological polar surface area (TPSA) is 34.4 Å². The van der Waals surface area contributed by atoms with Crippen molar-refractivity contribution in [2.45, 2.75) is 13.8 Å². The van der Waals surface area contributed by atoms with Crippen LogP contribution >= 0.6 is 0 Å². The van der Waals surface area contributed by atoms with E-state index in [-0.39, 0.29) is 0 Å². The quantitative estimate of drug-likeness (QED) is 0.617. The number of aromatic nitrogens is 2. The third-order valence-corrected chi connectivity index (χ3v) is 2.26. The number of carbonyl (C=O) groups excluding carboxylic acids is 1. The molecule has 13 heavy (non-hydrogen) atoms.